The Kier molecular flexibility index (Phi) is 5.83. The zero-order valence-corrected chi connectivity index (χ0v) is 20.6. The van der Waals surface area contributed by atoms with E-state index in [1.807, 2.05) is 25.1 Å². The van der Waals surface area contributed by atoms with Crippen molar-refractivity contribution < 1.29 is 28.3 Å². The minimum atomic E-state index is -1.35. The lowest BCUT2D eigenvalue weighted by Crippen LogP contribution is -2.03. The highest BCUT2D eigenvalue weighted by Gasteiger charge is 2.33. The lowest BCUT2D eigenvalue weighted by Gasteiger charge is -2.12. The van der Waals surface area contributed by atoms with Crippen LogP contribution in [0.25, 0.3) is 11.3 Å². The lowest BCUT2D eigenvalue weighted by molar-refractivity contribution is 0.0691. The van der Waals surface area contributed by atoms with Gasteiger partial charge in [-0.3, -0.25) is 0 Å². The fraction of sp³-hybridized carbons (Fsp3) is 0.250. The molecule has 0 unspecified atom stereocenters. The molecule has 1 aliphatic carbocycles. The van der Waals surface area contributed by atoms with Gasteiger partial charge in [-0.05, 0) is 68.0 Å². The second-order valence-corrected chi connectivity index (χ2v) is 9.72. The maximum Gasteiger partial charge on any atom is 0.338 e. The number of nitrogens with zero attached hydrogens (tertiary/aromatic N) is 2. The van der Waals surface area contributed by atoms with Gasteiger partial charge in [0.1, 0.15) is 35.4 Å². The Morgan fingerprint density at radius 1 is 1.19 bits per heavy atom. The number of carboxylic acid groups (broad SMARTS) is 1. The van der Waals surface area contributed by atoms with Crippen molar-refractivity contribution in [1.29, 1.82) is 0 Å². The summed E-state index contributed by atoms with van der Waals surface area (Å²) < 4.78 is 32.0. The minimum absolute atomic E-state index is 0.204. The smallest absolute Gasteiger partial charge is 0.338 e. The molecule has 0 radical (unpaired) electrons. The van der Waals surface area contributed by atoms with Crippen LogP contribution in [0.1, 0.15) is 57.3 Å². The Balaban J connectivity index is 1.27. The van der Waals surface area contributed by atoms with Gasteiger partial charge in [0.2, 0.25) is 5.88 Å². The molecule has 2 aromatic carbocycles. The van der Waals surface area contributed by atoms with Crippen LogP contribution in [0.15, 0.2) is 47.0 Å². The first kappa shape index (κ1) is 23.5. The van der Waals surface area contributed by atoms with E-state index in [0.717, 1.165) is 35.3 Å². The van der Waals surface area contributed by atoms with Crippen molar-refractivity contribution in [2.45, 2.75) is 45.1 Å². The Morgan fingerprint density at radius 2 is 2.03 bits per heavy atom. The van der Waals surface area contributed by atoms with Crippen molar-refractivity contribution in [3.8, 4) is 28.6 Å². The van der Waals surface area contributed by atoms with E-state index in [1.54, 1.807) is 12.1 Å². The third-order valence-corrected chi connectivity index (χ3v) is 7.04. The van der Waals surface area contributed by atoms with Crippen molar-refractivity contribution >= 4 is 17.6 Å². The molecule has 0 bridgehead atoms. The molecule has 4 aromatic rings. The lowest BCUT2D eigenvalue weighted by atomic mass is 10.0. The van der Waals surface area contributed by atoms with Crippen LogP contribution in [-0.2, 0) is 19.4 Å². The number of rotatable bonds is 6. The number of pyridine rings is 1. The van der Waals surface area contributed by atoms with Gasteiger partial charge in [0.15, 0.2) is 0 Å². The first-order valence-corrected chi connectivity index (χ1v) is 12.4. The summed E-state index contributed by atoms with van der Waals surface area (Å²) in [6.07, 6.45) is 3.02. The van der Waals surface area contributed by atoms with Gasteiger partial charge in [-0.1, -0.05) is 28.9 Å². The number of hydrogen-bond donors (Lipinski definition) is 1. The van der Waals surface area contributed by atoms with Crippen LogP contribution in [0.3, 0.4) is 0 Å². The van der Waals surface area contributed by atoms with E-state index in [0.29, 0.717) is 58.1 Å². The summed E-state index contributed by atoms with van der Waals surface area (Å²) in [7, 11) is 0. The summed E-state index contributed by atoms with van der Waals surface area (Å²) in [4.78, 5) is 16.0. The van der Waals surface area contributed by atoms with Crippen molar-refractivity contribution in [3.63, 3.8) is 0 Å². The van der Waals surface area contributed by atoms with Gasteiger partial charge in [0.05, 0.1) is 21.8 Å². The summed E-state index contributed by atoms with van der Waals surface area (Å²) in [5.74, 6) is 0.195. The minimum Gasteiger partial charge on any atom is -0.478 e. The van der Waals surface area contributed by atoms with Crippen LogP contribution >= 0.6 is 11.6 Å². The van der Waals surface area contributed by atoms with Crippen LogP contribution in [0.2, 0.25) is 5.02 Å². The molecule has 1 aliphatic heterocycles. The largest absolute Gasteiger partial charge is 0.478 e. The third-order valence-electron chi connectivity index (χ3n) is 6.73. The van der Waals surface area contributed by atoms with Gasteiger partial charge in [-0.15, -0.1) is 0 Å². The molecule has 37 heavy (non-hydrogen) atoms. The number of ether oxygens (including phenoxy) is 2. The summed E-state index contributed by atoms with van der Waals surface area (Å²) in [6, 6.07) is 11.6. The molecule has 1 saturated carbocycles. The normalized spacial score (nSPS) is 14.4. The van der Waals surface area contributed by atoms with E-state index in [-0.39, 0.29) is 6.61 Å². The zero-order chi connectivity index (χ0) is 25.7. The molecule has 3 heterocycles. The van der Waals surface area contributed by atoms with Gasteiger partial charge < -0.3 is 19.1 Å². The summed E-state index contributed by atoms with van der Waals surface area (Å²) >= 11 is 6.52. The van der Waals surface area contributed by atoms with Crippen LogP contribution in [0.4, 0.5) is 4.39 Å². The van der Waals surface area contributed by atoms with E-state index in [4.69, 9.17) is 25.6 Å². The Morgan fingerprint density at radius 3 is 2.78 bits per heavy atom. The zero-order valence-electron chi connectivity index (χ0n) is 19.9. The number of halogens is 2. The fourth-order valence-electron chi connectivity index (χ4n) is 4.64. The van der Waals surface area contributed by atoms with E-state index in [1.165, 1.54) is 12.1 Å². The predicted molar refractivity (Wildman–Crippen MR) is 133 cm³/mol. The first-order chi connectivity index (χ1) is 17.9. The van der Waals surface area contributed by atoms with E-state index >= 15 is 0 Å². The SMILES string of the molecule is Cc1cccc(Cl)c1-c1noc(C2CC2)c1COc1ccc2c(n1)CCc1cc(F)c(C(=O)O)cc1O2. The number of hydrogen-bond acceptors (Lipinski definition) is 6. The number of aromatic nitrogens is 2. The fourth-order valence-corrected chi connectivity index (χ4v) is 4.95. The molecule has 0 spiro atoms. The summed E-state index contributed by atoms with van der Waals surface area (Å²) in [5.41, 5.74) is 4.15. The standard InChI is InChI=1S/C28H22ClFN2O5/c1-14-3-2-4-19(29)25(14)26-18(27(37-32-26)15-5-6-15)13-35-24-10-9-22-21(31-24)8-7-16-11-20(30)17(28(33)34)12-23(16)36-22/h2-4,9-12,15H,5-8,13H2,1H3,(H,33,34). The molecule has 1 fully saturated rings. The third kappa shape index (κ3) is 4.42. The van der Waals surface area contributed by atoms with Crippen LogP contribution in [0.5, 0.6) is 17.4 Å². The number of aromatic carboxylic acids is 1. The molecule has 2 aromatic heterocycles. The van der Waals surface area contributed by atoms with E-state index in [9.17, 15) is 14.3 Å². The molecule has 188 valence electrons. The predicted octanol–water partition coefficient (Wildman–Crippen LogP) is 6.88. The second kappa shape index (κ2) is 9.19. The van der Waals surface area contributed by atoms with Gasteiger partial charge in [-0.2, -0.15) is 0 Å². The van der Waals surface area contributed by atoms with Crippen LogP contribution < -0.4 is 9.47 Å². The van der Waals surface area contributed by atoms with Crippen molar-refractivity contribution in [2.24, 2.45) is 0 Å². The topological polar surface area (TPSA) is 94.7 Å². The van der Waals surface area contributed by atoms with Gasteiger partial charge in [-0.25, -0.2) is 14.2 Å². The van der Waals surface area contributed by atoms with Crippen LogP contribution in [-0.4, -0.2) is 21.2 Å². The number of fused-ring (bicyclic) bond motifs is 2. The van der Waals surface area contributed by atoms with Crippen LogP contribution in [0, 0.1) is 12.7 Å². The molecule has 0 atom stereocenters. The molecule has 1 N–H and O–H groups in total. The molecule has 9 heteroatoms. The van der Waals surface area contributed by atoms with E-state index < -0.39 is 17.3 Å². The maximum absolute atomic E-state index is 14.2. The monoisotopic (exact) mass is 520 g/mol. The molecular weight excluding hydrogens is 499 g/mol. The molecule has 0 saturated heterocycles. The highest BCUT2D eigenvalue weighted by molar-refractivity contribution is 6.33. The number of aryl methyl sites for hydroxylation is 3. The summed E-state index contributed by atoms with van der Waals surface area (Å²) in [5, 5.41) is 14.2. The van der Waals surface area contributed by atoms with Crippen molar-refractivity contribution in [3.05, 3.63) is 87.0 Å². The maximum atomic E-state index is 14.2. The molecule has 0 amide bonds. The van der Waals surface area contributed by atoms with Gasteiger partial charge >= 0.3 is 5.97 Å². The first-order valence-electron chi connectivity index (χ1n) is 12.0. The van der Waals surface area contributed by atoms with Gasteiger partial charge in [0, 0.05) is 17.5 Å². The van der Waals surface area contributed by atoms with Crippen molar-refractivity contribution in [2.75, 3.05) is 0 Å². The molecular formula is C28H22ClFN2O5. The average Bonchev–Trinajstić information content (AvgIpc) is 3.65. The van der Waals surface area contributed by atoms with E-state index in [2.05, 4.69) is 10.1 Å². The quantitative estimate of drug-likeness (QED) is 0.296. The molecule has 6 rings (SSSR count). The number of carboxylic acids is 1. The summed E-state index contributed by atoms with van der Waals surface area (Å²) in [6.45, 7) is 2.18. The Bertz CT molecular complexity index is 1530. The Hall–Kier alpha value is -3.91. The highest BCUT2D eigenvalue weighted by atomic mass is 35.5. The molecule has 2 aliphatic rings. The average molecular weight is 521 g/mol. The molecule has 7 nitrogen and oxygen atoms in total. The number of carbonyl (C=O) groups is 1. The highest BCUT2D eigenvalue weighted by Crippen LogP contribution is 2.45. The Labute approximate surface area is 216 Å². The van der Waals surface area contributed by atoms with Crippen molar-refractivity contribution in [1.82, 2.24) is 10.1 Å². The van der Waals surface area contributed by atoms with Gasteiger partial charge in [0.25, 0.3) is 0 Å². The number of benzene rings is 2. The second-order valence-electron chi connectivity index (χ2n) is 9.31.